The van der Waals surface area contributed by atoms with E-state index in [1.165, 1.54) is 12.5 Å². The van der Waals surface area contributed by atoms with Crippen LogP contribution >= 0.6 is 0 Å². The molecule has 31 heavy (non-hydrogen) atoms. The second-order valence-corrected chi connectivity index (χ2v) is 7.66. The predicted molar refractivity (Wildman–Crippen MR) is 131 cm³/mol. The van der Waals surface area contributed by atoms with Crippen LogP contribution < -0.4 is 10.6 Å². The lowest BCUT2D eigenvalue weighted by molar-refractivity contribution is 0.341. The molecule has 1 aliphatic rings. The van der Waals surface area contributed by atoms with Crippen LogP contribution in [0.25, 0.3) is 12.2 Å². The number of piperidine rings is 1. The summed E-state index contributed by atoms with van der Waals surface area (Å²) in [6, 6.07) is 7.30. The van der Waals surface area contributed by atoms with E-state index in [0.29, 0.717) is 23.5 Å². The summed E-state index contributed by atoms with van der Waals surface area (Å²) in [6.07, 6.45) is 16.1. The van der Waals surface area contributed by atoms with E-state index in [4.69, 9.17) is 5.41 Å². The van der Waals surface area contributed by atoms with Crippen molar-refractivity contribution >= 4 is 18.0 Å². The van der Waals surface area contributed by atoms with Crippen molar-refractivity contribution in [1.82, 2.24) is 9.47 Å². The molecule has 1 saturated heterocycles. The van der Waals surface area contributed by atoms with E-state index in [1.807, 2.05) is 39.1 Å². The van der Waals surface area contributed by atoms with Crippen molar-refractivity contribution in [1.29, 1.82) is 5.41 Å². The van der Waals surface area contributed by atoms with Gasteiger partial charge in [-0.2, -0.15) is 0 Å². The second-order valence-electron chi connectivity index (χ2n) is 7.66. The number of aromatic nitrogens is 1. The molecule has 2 heterocycles. The molecule has 0 unspecified atom stereocenters. The van der Waals surface area contributed by atoms with Crippen LogP contribution in [0.15, 0.2) is 42.6 Å². The Hall–Kier alpha value is -2.62. The highest BCUT2D eigenvalue weighted by atomic mass is 19.1. The summed E-state index contributed by atoms with van der Waals surface area (Å²) in [6.45, 7) is 10.5. The number of nitrogens with zero attached hydrogens (tertiary/aromatic N) is 2. The molecule has 0 spiro atoms. The van der Waals surface area contributed by atoms with Crippen LogP contribution in [0.5, 0.6) is 0 Å². The van der Waals surface area contributed by atoms with Crippen LogP contribution in [0.1, 0.15) is 70.9 Å². The molecular weight excluding hydrogens is 385 g/mol. The largest absolute Gasteiger partial charge is 0.357 e. The molecular formula is C27H38FN3. The first-order chi connectivity index (χ1) is 15.1. The summed E-state index contributed by atoms with van der Waals surface area (Å²) >= 11 is 0. The number of allylic oxidation sites excluding steroid dienone is 2. The summed E-state index contributed by atoms with van der Waals surface area (Å²) < 4.78 is 17.0. The topological polar surface area (TPSA) is 32.0 Å². The standard InChI is InChI=1S/C25H32FN3.C2H6/c1-3-5-6-8-11-24-20(4-2)14-17-29(24)19-22-13-12-21(18-23(22)26)25(27)28-15-9-7-10-16-28;1-2/h4,6,8,11-14,17-18,27H,3,5,7,9-10,15-16,19H2,1-2H3;1-2H3/b8-6-,20-4-,24-11+,27-25?;. The summed E-state index contributed by atoms with van der Waals surface area (Å²) in [7, 11) is 0. The number of rotatable bonds is 6. The zero-order chi connectivity index (χ0) is 22.6. The fourth-order valence-corrected chi connectivity index (χ4v) is 3.80. The van der Waals surface area contributed by atoms with Crippen LogP contribution in [-0.2, 0) is 6.54 Å². The average Bonchev–Trinajstić information content (AvgIpc) is 3.21. The van der Waals surface area contributed by atoms with Gasteiger partial charge in [-0.05, 0) is 56.0 Å². The van der Waals surface area contributed by atoms with Gasteiger partial charge in [0.2, 0.25) is 0 Å². The van der Waals surface area contributed by atoms with Crippen molar-refractivity contribution < 1.29 is 4.39 Å². The molecule has 2 aromatic rings. The van der Waals surface area contributed by atoms with Crippen molar-refractivity contribution in [2.45, 2.75) is 66.3 Å². The summed E-state index contributed by atoms with van der Waals surface area (Å²) in [5.74, 6) is 0.196. The Morgan fingerprint density at radius 2 is 1.87 bits per heavy atom. The Morgan fingerprint density at radius 1 is 1.13 bits per heavy atom. The van der Waals surface area contributed by atoms with Gasteiger partial charge in [0.05, 0.1) is 6.54 Å². The minimum atomic E-state index is -0.243. The van der Waals surface area contributed by atoms with Crippen molar-refractivity contribution in [3.8, 4) is 0 Å². The van der Waals surface area contributed by atoms with Crippen LogP contribution in [0.4, 0.5) is 4.39 Å². The number of nitrogens with one attached hydrogen (secondary N) is 1. The fourth-order valence-electron chi connectivity index (χ4n) is 3.80. The van der Waals surface area contributed by atoms with E-state index < -0.39 is 0 Å². The highest BCUT2D eigenvalue weighted by Gasteiger charge is 2.16. The fraction of sp³-hybridized carbons (Fsp3) is 0.444. The lowest BCUT2D eigenvalue weighted by Crippen LogP contribution is -2.35. The molecule has 1 aromatic carbocycles. The monoisotopic (exact) mass is 423 g/mol. The van der Waals surface area contributed by atoms with Crippen LogP contribution in [-0.4, -0.2) is 28.4 Å². The second kappa shape index (κ2) is 12.9. The summed E-state index contributed by atoms with van der Waals surface area (Å²) in [5, 5.41) is 10.7. The maximum absolute atomic E-state index is 14.9. The van der Waals surface area contributed by atoms with E-state index in [2.05, 4.69) is 46.8 Å². The van der Waals surface area contributed by atoms with Crippen molar-refractivity contribution in [3.05, 3.63) is 70.1 Å². The number of amidine groups is 1. The van der Waals surface area contributed by atoms with Crippen molar-refractivity contribution in [2.24, 2.45) is 0 Å². The number of halogens is 1. The van der Waals surface area contributed by atoms with Gasteiger partial charge in [0.1, 0.15) is 11.7 Å². The Bertz CT molecular complexity index is 978. The van der Waals surface area contributed by atoms with Gasteiger partial charge < -0.3 is 9.47 Å². The minimum absolute atomic E-state index is 0.243. The van der Waals surface area contributed by atoms with E-state index in [9.17, 15) is 4.39 Å². The third kappa shape index (κ3) is 6.68. The van der Waals surface area contributed by atoms with Crippen molar-refractivity contribution in [3.63, 3.8) is 0 Å². The lowest BCUT2D eigenvalue weighted by atomic mass is 10.1. The quantitative estimate of drug-likeness (QED) is 0.486. The first kappa shape index (κ1) is 24.6. The molecule has 0 aliphatic carbocycles. The third-order valence-corrected chi connectivity index (χ3v) is 5.54. The molecule has 1 aromatic heterocycles. The Morgan fingerprint density at radius 3 is 2.52 bits per heavy atom. The van der Waals surface area contributed by atoms with Crippen molar-refractivity contribution in [2.75, 3.05) is 13.1 Å². The van der Waals surface area contributed by atoms with Gasteiger partial charge in [-0.1, -0.05) is 57.6 Å². The molecule has 1 fully saturated rings. The van der Waals surface area contributed by atoms with Gasteiger partial charge in [0, 0.05) is 35.8 Å². The highest BCUT2D eigenvalue weighted by Crippen LogP contribution is 2.16. The number of unbranched alkanes of at least 4 members (excludes halogenated alkanes) is 1. The number of hydrogen-bond donors (Lipinski definition) is 1. The molecule has 0 radical (unpaired) electrons. The summed E-state index contributed by atoms with van der Waals surface area (Å²) in [5.41, 5.74) is 1.31. The first-order valence-electron chi connectivity index (χ1n) is 11.7. The smallest absolute Gasteiger partial charge is 0.128 e. The SMILES string of the molecule is C/C=c1/ccn(Cc2ccc(C(=N)N3CCCCC3)cc2F)/c1=C/C=C\CCC.CC. The number of likely N-dealkylation sites (tertiary alicyclic amines) is 1. The maximum atomic E-state index is 14.9. The van der Waals surface area contributed by atoms with E-state index >= 15 is 0 Å². The van der Waals surface area contributed by atoms with Gasteiger partial charge >= 0.3 is 0 Å². The minimum Gasteiger partial charge on any atom is -0.357 e. The molecule has 1 aliphatic heterocycles. The Kier molecular flexibility index (Phi) is 10.3. The van der Waals surface area contributed by atoms with Gasteiger partial charge in [-0.15, -0.1) is 0 Å². The molecule has 0 saturated carbocycles. The molecule has 0 amide bonds. The molecule has 4 heteroatoms. The third-order valence-electron chi connectivity index (χ3n) is 5.54. The lowest BCUT2D eigenvalue weighted by Gasteiger charge is -2.29. The average molecular weight is 424 g/mol. The molecule has 3 nitrogen and oxygen atoms in total. The molecule has 3 rings (SSSR count). The van der Waals surface area contributed by atoms with Gasteiger partial charge in [-0.3, -0.25) is 5.41 Å². The maximum Gasteiger partial charge on any atom is 0.128 e. The van der Waals surface area contributed by atoms with Crippen LogP contribution in [0, 0.1) is 11.2 Å². The normalized spacial score (nSPS) is 15.3. The zero-order valence-corrected chi connectivity index (χ0v) is 19.6. The molecule has 0 atom stereocenters. The number of benzene rings is 1. The Labute approximate surface area is 187 Å². The zero-order valence-electron chi connectivity index (χ0n) is 19.6. The Balaban J connectivity index is 0.00000166. The number of hydrogen-bond acceptors (Lipinski definition) is 1. The molecule has 0 bridgehead atoms. The molecule has 168 valence electrons. The van der Waals surface area contributed by atoms with Gasteiger partial charge in [0.25, 0.3) is 0 Å². The van der Waals surface area contributed by atoms with Gasteiger partial charge in [-0.25, -0.2) is 4.39 Å². The first-order valence-corrected chi connectivity index (χ1v) is 11.7. The predicted octanol–water partition coefficient (Wildman–Crippen LogP) is 5.45. The molecule has 1 N–H and O–H groups in total. The van der Waals surface area contributed by atoms with Crippen LogP contribution in [0.3, 0.4) is 0 Å². The summed E-state index contributed by atoms with van der Waals surface area (Å²) in [4.78, 5) is 2.06. The van der Waals surface area contributed by atoms with E-state index in [0.717, 1.165) is 49.3 Å². The van der Waals surface area contributed by atoms with E-state index in [1.54, 1.807) is 0 Å². The highest BCUT2D eigenvalue weighted by molar-refractivity contribution is 5.96. The van der Waals surface area contributed by atoms with Gasteiger partial charge in [0.15, 0.2) is 0 Å². The van der Waals surface area contributed by atoms with E-state index in [-0.39, 0.29) is 5.82 Å². The van der Waals surface area contributed by atoms with Crippen LogP contribution in [0.2, 0.25) is 0 Å².